The summed E-state index contributed by atoms with van der Waals surface area (Å²) in [6, 6.07) is 8.88. The summed E-state index contributed by atoms with van der Waals surface area (Å²) in [5, 5.41) is -0.0888. The molecule has 1 aliphatic heterocycles. The zero-order valence-electron chi connectivity index (χ0n) is 42.3. The minimum atomic E-state index is -1.66. The molecule has 5 rings (SSSR count). The van der Waals surface area contributed by atoms with E-state index in [9.17, 15) is 52.3 Å². The number of rotatable bonds is 27. The Kier molecular flexibility index (Phi) is 21.7. The average Bonchev–Trinajstić information content (AvgIpc) is 3.57. The largest absolute Gasteiger partial charge is 0.488 e. The first-order valence-electron chi connectivity index (χ1n) is 22.7. The van der Waals surface area contributed by atoms with Crippen LogP contribution in [0.5, 0.6) is 17.2 Å². The van der Waals surface area contributed by atoms with Crippen molar-refractivity contribution in [1.82, 2.24) is 0 Å². The smallest absolute Gasteiger partial charge is 0.328 e. The lowest BCUT2D eigenvalue weighted by molar-refractivity contribution is -0.167. The molecule has 79 heavy (non-hydrogen) atoms. The van der Waals surface area contributed by atoms with Crippen LogP contribution in [0.25, 0.3) is 33.4 Å². The predicted octanol–water partition coefficient (Wildman–Crippen LogP) is 4.35. The number of carbonyl (C=O) groups excluding carboxylic acids is 9. The number of carbonyl (C=O) groups is 9. The van der Waals surface area contributed by atoms with E-state index in [0.717, 1.165) is 74.8 Å². The molecular weight excluding hydrogens is 1070 g/mol. The summed E-state index contributed by atoms with van der Waals surface area (Å²) < 4.78 is 128. The lowest BCUT2D eigenvalue weighted by atomic mass is 9.93. The molecule has 0 fully saturated rings. The second-order valence-electron chi connectivity index (χ2n) is 15.8. The van der Waals surface area contributed by atoms with E-state index in [0.29, 0.717) is 6.07 Å². The van der Waals surface area contributed by atoms with E-state index in [1.807, 2.05) is 0 Å². The molecule has 3 aromatic carbocycles. The Morgan fingerprint density at radius 3 is 1.44 bits per heavy atom. The molecule has 0 unspecified atom stereocenters. The van der Waals surface area contributed by atoms with E-state index in [2.05, 4.69) is 18.9 Å². The molecule has 25 nitrogen and oxygen atoms in total. The van der Waals surface area contributed by atoms with Gasteiger partial charge in [0.25, 0.3) is 0 Å². The van der Waals surface area contributed by atoms with Crippen molar-refractivity contribution >= 4 is 76.1 Å². The number of anilines is 2. The number of benzene rings is 4. The van der Waals surface area contributed by atoms with E-state index in [4.69, 9.17) is 42.3 Å². The van der Waals surface area contributed by atoms with Gasteiger partial charge < -0.3 is 71.1 Å². The van der Waals surface area contributed by atoms with Crippen molar-refractivity contribution in [3.05, 3.63) is 88.1 Å². The maximum atomic E-state index is 15.8. The summed E-state index contributed by atoms with van der Waals surface area (Å²) in [6.45, 7) is -4.07. The molecule has 0 atom stereocenters. The van der Waals surface area contributed by atoms with Crippen LogP contribution in [-0.4, -0.2) is 127 Å². The zero-order chi connectivity index (χ0) is 57.9. The second kappa shape index (κ2) is 28.4. The molecule has 1 heterocycles. The first kappa shape index (κ1) is 60.2. The zero-order valence-corrected chi connectivity index (χ0v) is 42.3. The third-order valence-corrected chi connectivity index (χ3v) is 10.1. The van der Waals surface area contributed by atoms with Crippen molar-refractivity contribution in [1.29, 1.82) is 0 Å². The molecule has 0 N–H and O–H groups in total. The quantitative estimate of drug-likeness (QED) is 0.0176. The predicted molar refractivity (Wildman–Crippen MR) is 254 cm³/mol. The summed E-state index contributed by atoms with van der Waals surface area (Å²) in [5.74, 6) is -16.1. The second-order valence-corrected chi connectivity index (χ2v) is 15.8. The van der Waals surface area contributed by atoms with Crippen molar-refractivity contribution in [2.24, 2.45) is 0 Å². The number of ether oxygens (including phenoxy) is 12. The minimum absolute atomic E-state index is 0.0154. The van der Waals surface area contributed by atoms with Crippen LogP contribution < -0.4 is 29.4 Å². The van der Waals surface area contributed by atoms with Gasteiger partial charge in [-0.15, -0.1) is 0 Å². The van der Waals surface area contributed by atoms with E-state index >= 15 is 13.2 Å². The third-order valence-electron chi connectivity index (χ3n) is 10.1. The molecule has 0 saturated carbocycles. The monoisotopic (exact) mass is 1120 g/mol. The Balaban J connectivity index is 1.62. The topological polar surface area (TPSA) is 301 Å². The first-order chi connectivity index (χ1) is 37.5. The van der Waals surface area contributed by atoms with Gasteiger partial charge in [-0.25, -0.2) is 13.2 Å². The van der Waals surface area contributed by atoms with Crippen LogP contribution in [0.4, 0.5) is 28.9 Å². The summed E-state index contributed by atoms with van der Waals surface area (Å²) >= 11 is 0. The van der Waals surface area contributed by atoms with Gasteiger partial charge in [-0.1, -0.05) is 6.07 Å². The number of nitrogens with zero attached hydrogens (tertiary/aromatic N) is 2. The Bertz CT molecular complexity index is 3080. The summed E-state index contributed by atoms with van der Waals surface area (Å²) in [7, 11) is 0. The average molecular weight is 1120 g/mol. The van der Waals surface area contributed by atoms with Crippen molar-refractivity contribution in [2.75, 3.05) is 83.2 Å². The standard InChI is InChI=1S/C50H46F4N2O23/c1-26(57)69-21-74-42-16-41-33(14-36(42)53)48(32-13-35(52)39(62)15-40(32)79-41)31-6-8-37(55(17-44(63)75-22-70-27(2)58)18-45(64)76-23-71-28(3)59)43(12-31)67-10-11-68-50-38(9-7-34(51)49(50)54)56(19-46(65)77-24-72-29(4)60)20-47(66)78-25-73-30(5)61/h6-9,12-16H,10-11,17-25H2,1-5H3. The van der Waals surface area contributed by atoms with Crippen molar-refractivity contribution in [3.8, 4) is 39.7 Å². The molecule has 1 aliphatic carbocycles. The Morgan fingerprint density at radius 2 is 0.937 bits per heavy atom. The normalized spacial score (nSPS) is 10.6. The van der Waals surface area contributed by atoms with Gasteiger partial charge in [0.05, 0.1) is 11.4 Å². The van der Waals surface area contributed by atoms with Crippen LogP contribution in [0, 0.1) is 23.3 Å². The molecule has 29 heteroatoms. The van der Waals surface area contributed by atoms with Crippen LogP contribution >= 0.6 is 0 Å². The Hall–Kier alpha value is -9.70. The van der Waals surface area contributed by atoms with Crippen molar-refractivity contribution in [2.45, 2.75) is 34.6 Å². The molecule has 0 spiro atoms. The number of hydrogen-bond donors (Lipinski definition) is 0. The SMILES string of the molecule is CC(=O)OCOC(=O)CN(CC(=O)OCOC(C)=O)c1ccc(-c2c3cc(F)c(=O)cc-3oc3cc(OCOC(C)=O)c(F)cc23)cc1OCCOc1c(N(CC(=O)OCOC(C)=O)CC(=O)OCOC(C)=O)ccc(F)c1F. The number of esters is 9. The summed E-state index contributed by atoms with van der Waals surface area (Å²) in [5.41, 5.74) is -2.08. The van der Waals surface area contributed by atoms with Gasteiger partial charge in [0, 0.05) is 63.3 Å². The maximum Gasteiger partial charge on any atom is 0.328 e. The molecular formula is C50H46F4N2O23. The molecule has 0 saturated heterocycles. The van der Waals surface area contributed by atoms with Gasteiger partial charge in [-0.2, -0.15) is 4.39 Å². The fourth-order valence-electron chi connectivity index (χ4n) is 6.71. The summed E-state index contributed by atoms with van der Waals surface area (Å²) in [6.07, 6.45) is 0. The number of halogens is 4. The lowest BCUT2D eigenvalue weighted by Gasteiger charge is -2.27. The van der Waals surface area contributed by atoms with Gasteiger partial charge >= 0.3 is 53.7 Å². The highest BCUT2D eigenvalue weighted by Crippen LogP contribution is 2.44. The maximum absolute atomic E-state index is 15.8. The van der Waals surface area contributed by atoms with Crippen LogP contribution in [0.3, 0.4) is 0 Å². The van der Waals surface area contributed by atoms with Crippen LogP contribution in [0.2, 0.25) is 0 Å². The highest BCUT2D eigenvalue weighted by molar-refractivity contribution is 6.03. The van der Waals surface area contributed by atoms with Gasteiger partial charge in [0.15, 0.2) is 29.0 Å². The van der Waals surface area contributed by atoms with E-state index in [1.54, 1.807) is 0 Å². The third kappa shape index (κ3) is 18.0. The van der Waals surface area contributed by atoms with E-state index < -0.39 is 173 Å². The molecule has 0 bridgehead atoms. The number of fused-ring (bicyclic) bond motifs is 2. The Morgan fingerprint density at radius 1 is 0.468 bits per heavy atom. The van der Waals surface area contributed by atoms with Gasteiger partial charge in [0.2, 0.25) is 45.2 Å². The fraction of sp³-hybridized carbons (Fsp3) is 0.320. The molecule has 0 radical (unpaired) electrons. The van der Waals surface area contributed by atoms with E-state index in [-0.39, 0.29) is 44.9 Å². The van der Waals surface area contributed by atoms with Crippen LogP contribution in [0.15, 0.2) is 63.8 Å². The highest BCUT2D eigenvalue weighted by Gasteiger charge is 2.28. The number of hydrogen-bond acceptors (Lipinski definition) is 25. The van der Waals surface area contributed by atoms with Gasteiger partial charge in [-0.05, 0) is 42.0 Å². The molecule has 2 aliphatic rings. The fourth-order valence-corrected chi connectivity index (χ4v) is 6.71. The van der Waals surface area contributed by atoms with Crippen LogP contribution in [0.1, 0.15) is 34.6 Å². The highest BCUT2D eigenvalue weighted by atomic mass is 19.2. The first-order valence-corrected chi connectivity index (χ1v) is 22.7. The summed E-state index contributed by atoms with van der Waals surface area (Å²) in [4.78, 5) is 123. The molecule has 3 aromatic rings. The van der Waals surface area contributed by atoms with Crippen molar-refractivity contribution < 1.29 is 122 Å². The molecule has 422 valence electrons. The van der Waals surface area contributed by atoms with Gasteiger partial charge in [-0.3, -0.25) is 47.9 Å². The lowest BCUT2D eigenvalue weighted by Crippen LogP contribution is -2.37. The Labute approximate surface area is 442 Å². The van der Waals surface area contributed by atoms with Crippen molar-refractivity contribution in [3.63, 3.8) is 0 Å². The molecule has 0 amide bonds. The molecule has 0 aromatic heterocycles. The van der Waals surface area contributed by atoms with Gasteiger partial charge in [0.1, 0.15) is 56.5 Å². The van der Waals surface area contributed by atoms with Crippen LogP contribution in [-0.2, 0) is 85.8 Å². The van der Waals surface area contributed by atoms with E-state index in [1.165, 1.54) is 18.2 Å². The minimum Gasteiger partial charge on any atom is -0.488 e.